The highest BCUT2D eigenvalue weighted by molar-refractivity contribution is 5.71. The second-order valence-electron chi connectivity index (χ2n) is 21.3. The van der Waals surface area contributed by atoms with Crippen molar-refractivity contribution in [2.24, 2.45) is 0 Å². The lowest BCUT2D eigenvalue weighted by atomic mass is 10.1. The maximum atomic E-state index is 12.9. The molecule has 0 N–H and O–H groups in total. The van der Waals surface area contributed by atoms with E-state index in [9.17, 15) is 14.4 Å². The van der Waals surface area contributed by atoms with E-state index in [-0.39, 0.29) is 31.1 Å². The molecule has 0 rings (SSSR count). The molecule has 0 aromatic heterocycles. The lowest BCUT2D eigenvalue weighted by molar-refractivity contribution is -0.167. The van der Waals surface area contributed by atoms with Crippen molar-refractivity contribution in [1.29, 1.82) is 0 Å². The Balaban J connectivity index is 4.37. The highest BCUT2D eigenvalue weighted by Gasteiger charge is 2.19. The van der Waals surface area contributed by atoms with Crippen molar-refractivity contribution in [3.05, 3.63) is 182 Å². The van der Waals surface area contributed by atoms with E-state index in [2.05, 4.69) is 203 Å². The van der Waals surface area contributed by atoms with Crippen LogP contribution in [0.3, 0.4) is 0 Å². The van der Waals surface area contributed by atoms with Crippen LogP contribution in [0.1, 0.15) is 265 Å². The molecule has 0 aliphatic rings. The molecule has 1 unspecified atom stereocenters. The van der Waals surface area contributed by atoms with E-state index in [0.29, 0.717) is 19.3 Å². The molecular weight excluding hydrogens is 1020 g/mol. The van der Waals surface area contributed by atoms with E-state index in [0.717, 1.165) is 199 Å². The van der Waals surface area contributed by atoms with Crippen LogP contribution < -0.4 is 0 Å². The number of ether oxygens (including phenoxy) is 3. The van der Waals surface area contributed by atoms with Gasteiger partial charge in [-0.2, -0.15) is 0 Å². The Kier molecular flexibility index (Phi) is 64.4. The Morgan fingerprint density at radius 2 is 0.470 bits per heavy atom. The van der Waals surface area contributed by atoms with Gasteiger partial charge in [-0.15, -0.1) is 0 Å². The van der Waals surface area contributed by atoms with Gasteiger partial charge in [0, 0.05) is 19.3 Å². The summed E-state index contributed by atoms with van der Waals surface area (Å²) in [6.45, 7) is 6.30. The Morgan fingerprint density at radius 1 is 0.253 bits per heavy atom. The molecule has 0 radical (unpaired) electrons. The van der Waals surface area contributed by atoms with Gasteiger partial charge in [-0.1, -0.05) is 274 Å². The second kappa shape index (κ2) is 69.0. The van der Waals surface area contributed by atoms with Gasteiger partial charge in [0.05, 0.1) is 0 Å². The molecule has 0 aromatic carbocycles. The quantitative estimate of drug-likeness (QED) is 0.0261. The van der Waals surface area contributed by atoms with Crippen LogP contribution >= 0.6 is 0 Å². The van der Waals surface area contributed by atoms with Crippen LogP contribution in [0.25, 0.3) is 0 Å². The van der Waals surface area contributed by atoms with Gasteiger partial charge in [0.1, 0.15) is 13.2 Å². The number of esters is 3. The number of carbonyl (C=O) groups is 3. The van der Waals surface area contributed by atoms with E-state index < -0.39 is 6.10 Å². The van der Waals surface area contributed by atoms with Crippen molar-refractivity contribution in [3.8, 4) is 0 Å². The molecule has 0 fully saturated rings. The van der Waals surface area contributed by atoms with Gasteiger partial charge in [-0.25, -0.2) is 0 Å². The van der Waals surface area contributed by atoms with Crippen LogP contribution in [-0.4, -0.2) is 37.2 Å². The Bertz CT molecular complexity index is 1940. The number of allylic oxidation sites excluding steroid dienone is 30. The van der Waals surface area contributed by atoms with E-state index in [1.807, 2.05) is 0 Å². The van der Waals surface area contributed by atoms with E-state index in [4.69, 9.17) is 14.2 Å². The summed E-state index contributed by atoms with van der Waals surface area (Å²) in [6, 6.07) is 0. The summed E-state index contributed by atoms with van der Waals surface area (Å²) in [4.78, 5) is 38.3. The predicted molar refractivity (Wildman–Crippen MR) is 361 cm³/mol. The summed E-state index contributed by atoms with van der Waals surface area (Å²) < 4.78 is 16.9. The van der Waals surface area contributed by atoms with Crippen LogP contribution in [0.4, 0.5) is 0 Å². The van der Waals surface area contributed by atoms with E-state index in [1.54, 1.807) is 0 Å². The van der Waals surface area contributed by atoms with Gasteiger partial charge in [-0.05, 0) is 154 Å². The van der Waals surface area contributed by atoms with Gasteiger partial charge in [0.15, 0.2) is 6.10 Å². The summed E-state index contributed by atoms with van der Waals surface area (Å²) in [5.41, 5.74) is 0. The van der Waals surface area contributed by atoms with Crippen molar-refractivity contribution in [1.82, 2.24) is 0 Å². The molecule has 6 heteroatoms. The second-order valence-corrected chi connectivity index (χ2v) is 21.3. The molecule has 0 aromatic rings. The molecule has 0 bridgehead atoms. The molecule has 464 valence electrons. The number of hydrogen-bond donors (Lipinski definition) is 0. The first-order valence-corrected chi connectivity index (χ1v) is 33.3. The smallest absolute Gasteiger partial charge is 0.306 e. The maximum absolute atomic E-state index is 12.9. The van der Waals surface area contributed by atoms with Crippen molar-refractivity contribution >= 4 is 17.9 Å². The van der Waals surface area contributed by atoms with Crippen molar-refractivity contribution in [3.63, 3.8) is 0 Å². The third-order valence-corrected chi connectivity index (χ3v) is 13.4. The maximum Gasteiger partial charge on any atom is 0.306 e. The Hall–Kier alpha value is -5.49. The van der Waals surface area contributed by atoms with Gasteiger partial charge in [0.2, 0.25) is 0 Å². The lowest BCUT2D eigenvalue weighted by Crippen LogP contribution is -2.30. The molecule has 83 heavy (non-hydrogen) atoms. The SMILES string of the molecule is CC/C=C\C/C=C\C/C=C\C/C=C\C/C=C\C/C=C\C/C=C\C/C=C\C/C=C\C/C=C\CCCCCCC(=O)OCC(COC(=O)CCCCCCC/C=C\C/C=C\CCC)OC(=O)CCCCCCCCC/C=C\C/C=C\C/C=C\CC. The minimum atomic E-state index is -0.810. The number of unbranched alkanes of at least 4 members (excludes halogenated alkanes) is 17. The molecular formula is C77H120O6. The van der Waals surface area contributed by atoms with Gasteiger partial charge in [0.25, 0.3) is 0 Å². The van der Waals surface area contributed by atoms with Crippen LogP contribution in [-0.2, 0) is 28.6 Å². The van der Waals surface area contributed by atoms with E-state index in [1.165, 1.54) is 25.7 Å². The van der Waals surface area contributed by atoms with Crippen molar-refractivity contribution in [2.75, 3.05) is 13.2 Å². The summed E-state index contributed by atoms with van der Waals surface area (Å²) in [5.74, 6) is -0.960. The van der Waals surface area contributed by atoms with Crippen LogP contribution in [0.15, 0.2) is 182 Å². The van der Waals surface area contributed by atoms with Crippen molar-refractivity contribution in [2.45, 2.75) is 271 Å². The summed E-state index contributed by atoms with van der Waals surface area (Å²) >= 11 is 0. The van der Waals surface area contributed by atoms with Crippen LogP contribution in [0, 0.1) is 0 Å². The number of hydrogen-bond acceptors (Lipinski definition) is 6. The predicted octanol–water partition coefficient (Wildman–Crippen LogP) is 23.2. The molecule has 1 atom stereocenters. The fraction of sp³-hybridized carbons (Fsp3) is 0.571. The average molecular weight is 1140 g/mol. The molecule has 0 aliphatic heterocycles. The highest BCUT2D eigenvalue weighted by Crippen LogP contribution is 2.14. The fourth-order valence-electron chi connectivity index (χ4n) is 8.46. The zero-order chi connectivity index (χ0) is 59.9. The molecule has 0 amide bonds. The Labute approximate surface area is 510 Å². The third-order valence-electron chi connectivity index (χ3n) is 13.4. The summed E-state index contributed by atoms with van der Waals surface area (Å²) in [6.07, 6.45) is 103. The van der Waals surface area contributed by atoms with Crippen LogP contribution in [0.5, 0.6) is 0 Å². The third kappa shape index (κ3) is 67.2. The zero-order valence-electron chi connectivity index (χ0n) is 53.1. The molecule has 0 saturated carbocycles. The molecule has 6 nitrogen and oxygen atoms in total. The fourth-order valence-corrected chi connectivity index (χ4v) is 8.46. The van der Waals surface area contributed by atoms with Crippen LogP contribution in [0.2, 0.25) is 0 Å². The largest absolute Gasteiger partial charge is 0.462 e. The Morgan fingerprint density at radius 3 is 0.735 bits per heavy atom. The standard InChI is InChI=1S/C77H120O6/c1-4-7-10-13-16-19-22-25-27-29-30-31-32-33-34-35-36-37-38-39-40-41-42-43-44-45-46-48-49-52-55-58-61-64-67-70-76(79)82-73-74(72-81-75(78)69-66-63-60-57-54-51-24-21-18-15-12-9-6-3)83-77(80)71-68-65-62-59-56-53-50-47-28-26-23-20-17-14-11-8-5-2/h7-8,10-12,15-17,19-21,24-28,30-31,33-34,36-37,39-40,42-43,45-46,49,52,74H,4-6,9,13-14,18,22-23,29,32,35,38,41,44,47-48,50-51,53-73H2,1-3H3/b10-7-,11-8-,15-12-,19-16-,20-17-,24-21-,27-25-,28-26-,31-30-,34-33-,37-36-,40-39-,43-42-,46-45-,52-49-. The van der Waals surface area contributed by atoms with Crippen molar-refractivity contribution < 1.29 is 28.6 Å². The average Bonchev–Trinajstić information content (AvgIpc) is 3.49. The summed E-state index contributed by atoms with van der Waals surface area (Å²) in [7, 11) is 0. The monoisotopic (exact) mass is 1140 g/mol. The summed E-state index contributed by atoms with van der Waals surface area (Å²) in [5, 5.41) is 0. The van der Waals surface area contributed by atoms with Gasteiger partial charge >= 0.3 is 17.9 Å². The van der Waals surface area contributed by atoms with E-state index >= 15 is 0 Å². The molecule has 0 spiro atoms. The molecule has 0 heterocycles. The minimum absolute atomic E-state index is 0.105. The molecule has 0 saturated heterocycles. The first-order valence-electron chi connectivity index (χ1n) is 33.3. The first-order chi connectivity index (χ1) is 41.0. The number of rotatable bonds is 58. The molecule has 0 aliphatic carbocycles. The first kappa shape index (κ1) is 77.5. The normalized spacial score (nSPS) is 13.3. The highest BCUT2D eigenvalue weighted by atomic mass is 16.6. The zero-order valence-corrected chi connectivity index (χ0v) is 53.1. The lowest BCUT2D eigenvalue weighted by Gasteiger charge is -2.18. The van der Waals surface area contributed by atoms with Gasteiger partial charge in [-0.3, -0.25) is 14.4 Å². The minimum Gasteiger partial charge on any atom is -0.462 e. The topological polar surface area (TPSA) is 78.9 Å². The van der Waals surface area contributed by atoms with Gasteiger partial charge < -0.3 is 14.2 Å². The number of carbonyl (C=O) groups excluding carboxylic acids is 3.